The molecule has 0 rings (SSSR count). The van der Waals surface area contributed by atoms with E-state index in [1.807, 2.05) is 6.92 Å². The van der Waals surface area contributed by atoms with Crippen molar-refractivity contribution < 1.29 is 14.4 Å². The summed E-state index contributed by atoms with van der Waals surface area (Å²) in [6.45, 7) is 2.67. The minimum Gasteiger partial charge on any atom is -0.347 e. The molecule has 0 saturated heterocycles. The summed E-state index contributed by atoms with van der Waals surface area (Å²) >= 11 is 0. The molecule has 16 heavy (non-hydrogen) atoms. The van der Waals surface area contributed by atoms with Crippen LogP contribution in [-0.2, 0) is 14.4 Å². The highest BCUT2D eigenvalue weighted by atomic mass is 16.2. The Labute approximate surface area is 94.3 Å². The molecule has 0 unspecified atom stereocenters. The molecule has 0 heterocycles. The Bertz CT molecular complexity index is 267. The summed E-state index contributed by atoms with van der Waals surface area (Å²) in [4.78, 5) is 34.9. The molecule has 0 aromatic heterocycles. The Morgan fingerprint density at radius 1 is 1.19 bits per heavy atom. The van der Waals surface area contributed by atoms with Crippen molar-refractivity contribution in [2.24, 2.45) is 5.73 Å². The third-order valence-corrected chi connectivity index (χ3v) is 1.94. The lowest BCUT2D eigenvalue weighted by molar-refractivity contribution is -0.140. The lowest BCUT2D eigenvalue weighted by atomic mass is 10.4. The molecule has 0 aliphatic carbocycles. The minimum absolute atomic E-state index is 0.181. The SMILES string of the molecule is CCN(C)C(=O)CNC(=O)C(=O)NCCN. The molecule has 0 fully saturated rings. The molecule has 3 amide bonds. The number of hydrogen-bond donors (Lipinski definition) is 3. The van der Waals surface area contributed by atoms with Gasteiger partial charge in [0.25, 0.3) is 0 Å². The average Bonchev–Trinajstić information content (AvgIpc) is 2.31. The van der Waals surface area contributed by atoms with Gasteiger partial charge in [-0.15, -0.1) is 0 Å². The van der Waals surface area contributed by atoms with E-state index in [1.54, 1.807) is 7.05 Å². The van der Waals surface area contributed by atoms with Gasteiger partial charge in [0.2, 0.25) is 5.91 Å². The van der Waals surface area contributed by atoms with Crippen molar-refractivity contribution in [3.05, 3.63) is 0 Å². The molecule has 0 radical (unpaired) electrons. The van der Waals surface area contributed by atoms with Gasteiger partial charge in [0.15, 0.2) is 0 Å². The fraction of sp³-hybridized carbons (Fsp3) is 0.667. The maximum atomic E-state index is 11.3. The van der Waals surface area contributed by atoms with Crippen molar-refractivity contribution in [2.45, 2.75) is 6.92 Å². The van der Waals surface area contributed by atoms with Crippen LogP contribution < -0.4 is 16.4 Å². The van der Waals surface area contributed by atoms with E-state index in [4.69, 9.17) is 5.73 Å². The second kappa shape index (κ2) is 7.63. The van der Waals surface area contributed by atoms with Crippen molar-refractivity contribution in [3.63, 3.8) is 0 Å². The van der Waals surface area contributed by atoms with E-state index in [9.17, 15) is 14.4 Å². The number of nitrogens with one attached hydrogen (secondary N) is 2. The number of carbonyl (C=O) groups excluding carboxylic acids is 3. The topological polar surface area (TPSA) is 105 Å². The van der Waals surface area contributed by atoms with Crippen molar-refractivity contribution in [2.75, 3.05) is 33.2 Å². The van der Waals surface area contributed by atoms with Gasteiger partial charge in [-0.2, -0.15) is 0 Å². The highest BCUT2D eigenvalue weighted by Gasteiger charge is 2.14. The van der Waals surface area contributed by atoms with Crippen molar-refractivity contribution in [1.82, 2.24) is 15.5 Å². The third-order valence-electron chi connectivity index (χ3n) is 1.94. The third kappa shape index (κ3) is 5.30. The molecule has 4 N–H and O–H groups in total. The first-order chi connectivity index (χ1) is 7.52. The number of nitrogens with two attached hydrogens (primary N) is 1. The van der Waals surface area contributed by atoms with Crippen LogP contribution in [0.2, 0.25) is 0 Å². The Morgan fingerprint density at radius 3 is 2.25 bits per heavy atom. The van der Waals surface area contributed by atoms with Crippen LogP contribution in [-0.4, -0.2) is 55.8 Å². The molecule has 0 spiro atoms. The first kappa shape index (κ1) is 14.4. The fourth-order valence-electron chi connectivity index (χ4n) is 0.813. The smallest absolute Gasteiger partial charge is 0.309 e. The van der Waals surface area contributed by atoms with Crippen LogP contribution >= 0.6 is 0 Å². The van der Waals surface area contributed by atoms with E-state index in [0.717, 1.165) is 0 Å². The molecular formula is C9H18N4O3. The first-order valence-electron chi connectivity index (χ1n) is 5.03. The van der Waals surface area contributed by atoms with Gasteiger partial charge in [-0.3, -0.25) is 14.4 Å². The van der Waals surface area contributed by atoms with E-state index < -0.39 is 11.8 Å². The molecule has 0 aliphatic rings. The van der Waals surface area contributed by atoms with Gasteiger partial charge in [-0.25, -0.2) is 0 Å². The van der Waals surface area contributed by atoms with Crippen LogP contribution in [0.25, 0.3) is 0 Å². The summed E-state index contributed by atoms with van der Waals surface area (Å²) < 4.78 is 0. The Hall–Kier alpha value is -1.63. The molecule has 7 nitrogen and oxygen atoms in total. The summed E-state index contributed by atoms with van der Waals surface area (Å²) in [5, 5.41) is 4.52. The highest BCUT2D eigenvalue weighted by Crippen LogP contribution is 1.81. The average molecular weight is 230 g/mol. The molecule has 0 bridgehead atoms. The second-order valence-corrected chi connectivity index (χ2v) is 3.14. The number of hydrogen-bond acceptors (Lipinski definition) is 4. The number of nitrogens with zero attached hydrogens (tertiary/aromatic N) is 1. The van der Waals surface area contributed by atoms with E-state index in [0.29, 0.717) is 6.54 Å². The Kier molecular flexibility index (Phi) is 6.86. The van der Waals surface area contributed by atoms with E-state index in [2.05, 4.69) is 10.6 Å². The van der Waals surface area contributed by atoms with Gasteiger partial charge in [0.1, 0.15) is 0 Å². The maximum Gasteiger partial charge on any atom is 0.309 e. The molecule has 0 saturated carbocycles. The highest BCUT2D eigenvalue weighted by molar-refractivity contribution is 6.35. The zero-order valence-corrected chi connectivity index (χ0v) is 9.58. The van der Waals surface area contributed by atoms with E-state index in [1.165, 1.54) is 4.90 Å². The standard InChI is InChI=1S/C9H18N4O3/c1-3-13(2)7(14)6-12-9(16)8(15)11-5-4-10/h3-6,10H2,1-2H3,(H,11,15)(H,12,16). The quantitative estimate of drug-likeness (QED) is 0.460. The number of carbonyl (C=O) groups is 3. The zero-order chi connectivity index (χ0) is 12.6. The number of rotatable bonds is 5. The Balaban J connectivity index is 3.89. The van der Waals surface area contributed by atoms with Crippen molar-refractivity contribution in [1.29, 1.82) is 0 Å². The summed E-state index contributed by atoms with van der Waals surface area (Å²) in [6.07, 6.45) is 0. The van der Waals surface area contributed by atoms with E-state index >= 15 is 0 Å². The van der Waals surface area contributed by atoms with Gasteiger partial charge >= 0.3 is 11.8 Å². The lowest BCUT2D eigenvalue weighted by Gasteiger charge is -2.14. The predicted octanol–water partition coefficient (Wildman–Crippen LogP) is -2.34. The largest absolute Gasteiger partial charge is 0.347 e. The summed E-state index contributed by atoms with van der Waals surface area (Å²) in [6, 6.07) is 0. The monoisotopic (exact) mass is 230 g/mol. The van der Waals surface area contributed by atoms with Crippen LogP contribution in [0.5, 0.6) is 0 Å². The van der Waals surface area contributed by atoms with Crippen LogP contribution in [0.3, 0.4) is 0 Å². The van der Waals surface area contributed by atoms with Gasteiger partial charge in [-0.1, -0.05) is 0 Å². The van der Waals surface area contributed by atoms with Crippen LogP contribution in [0.15, 0.2) is 0 Å². The number of likely N-dealkylation sites (N-methyl/N-ethyl adjacent to an activating group) is 1. The van der Waals surface area contributed by atoms with Gasteiger partial charge in [-0.05, 0) is 6.92 Å². The molecule has 92 valence electrons. The van der Waals surface area contributed by atoms with Crippen molar-refractivity contribution in [3.8, 4) is 0 Å². The maximum absolute atomic E-state index is 11.3. The van der Waals surface area contributed by atoms with Gasteiger partial charge < -0.3 is 21.3 Å². The van der Waals surface area contributed by atoms with Crippen molar-refractivity contribution >= 4 is 17.7 Å². The molecule has 7 heteroatoms. The van der Waals surface area contributed by atoms with Gasteiger partial charge in [0, 0.05) is 26.7 Å². The molecule has 0 aromatic rings. The first-order valence-corrected chi connectivity index (χ1v) is 5.03. The second-order valence-electron chi connectivity index (χ2n) is 3.14. The minimum atomic E-state index is -0.827. The van der Waals surface area contributed by atoms with E-state index in [-0.39, 0.29) is 25.5 Å². The normalized spacial score (nSPS) is 9.44. The summed E-state index contributed by atoms with van der Waals surface area (Å²) in [5.41, 5.74) is 5.15. The molecular weight excluding hydrogens is 212 g/mol. The predicted molar refractivity (Wildman–Crippen MR) is 58.4 cm³/mol. The van der Waals surface area contributed by atoms with Gasteiger partial charge in [0.05, 0.1) is 6.54 Å². The zero-order valence-electron chi connectivity index (χ0n) is 9.58. The van der Waals surface area contributed by atoms with Crippen LogP contribution in [0.4, 0.5) is 0 Å². The molecule has 0 aromatic carbocycles. The Morgan fingerprint density at radius 2 is 1.75 bits per heavy atom. The fourth-order valence-corrected chi connectivity index (χ4v) is 0.813. The summed E-state index contributed by atoms with van der Waals surface area (Å²) in [5.74, 6) is -1.86. The molecule has 0 atom stereocenters. The van der Waals surface area contributed by atoms with Crippen LogP contribution in [0.1, 0.15) is 6.92 Å². The molecule has 0 aliphatic heterocycles. The van der Waals surface area contributed by atoms with Crippen LogP contribution in [0, 0.1) is 0 Å². The summed E-state index contributed by atoms with van der Waals surface area (Å²) in [7, 11) is 1.61. The lowest BCUT2D eigenvalue weighted by Crippen LogP contribution is -2.45. The number of amides is 3.